The lowest BCUT2D eigenvalue weighted by molar-refractivity contribution is -0.116. The van der Waals surface area contributed by atoms with Gasteiger partial charge >= 0.3 is 0 Å². The normalized spacial score (nSPS) is 10.2. The van der Waals surface area contributed by atoms with Crippen LogP contribution in [0, 0.1) is 0 Å². The fourth-order valence-corrected chi connectivity index (χ4v) is 2.18. The van der Waals surface area contributed by atoms with Gasteiger partial charge in [-0.3, -0.25) is 9.59 Å². The van der Waals surface area contributed by atoms with Crippen LogP contribution in [0.25, 0.3) is 0 Å². The van der Waals surface area contributed by atoms with Crippen LogP contribution in [0.15, 0.2) is 24.3 Å². The van der Waals surface area contributed by atoms with Gasteiger partial charge in [0.2, 0.25) is 5.91 Å². The van der Waals surface area contributed by atoms with Gasteiger partial charge in [0.15, 0.2) is 0 Å². The summed E-state index contributed by atoms with van der Waals surface area (Å²) in [6.07, 6.45) is 3.59. The molecule has 0 aliphatic carbocycles. The number of amides is 2. The van der Waals surface area contributed by atoms with Gasteiger partial charge in [0.25, 0.3) is 5.91 Å². The van der Waals surface area contributed by atoms with Crippen LogP contribution in [0.3, 0.4) is 0 Å². The Labute approximate surface area is 127 Å². The van der Waals surface area contributed by atoms with Gasteiger partial charge in [-0.1, -0.05) is 25.8 Å². The fourth-order valence-electron chi connectivity index (χ4n) is 2.18. The molecule has 4 heteroatoms. The fraction of sp³-hybridized carbons (Fsp3) is 0.529. The van der Waals surface area contributed by atoms with Crippen LogP contribution < -0.4 is 5.32 Å². The van der Waals surface area contributed by atoms with E-state index in [-0.39, 0.29) is 11.8 Å². The molecule has 0 saturated carbocycles. The number of benzene rings is 1. The monoisotopic (exact) mass is 290 g/mol. The quantitative estimate of drug-likeness (QED) is 0.742. The number of carbonyl (C=O) groups excluding carboxylic acids is 2. The lowest BCUT2D eigenvalue weighted by Gasteiger charge is -2.19. The molecule has 0 saturated heterocycles. The van der Waals surface area contributed by atoms with Crippen molar-refractivity contribution in [1.82, 2.24) is 4.90 Å². The summed E-state index contributed by atoms with van der Waals surface area (Å²) in [5.41, 5.74) is 1.31. The first-order valence-corrected chi connectivity index (χ1v) is 7.81. The number of nitrogens with one attached hydrogen (secondary N) is 1. The maximum atomic E-state index is 12.3. The van der Waals surface area contributed by atoms with Gasteiger partial charge in [0.1, 0.15) is 0 Å². The van der Waals surface area contributed by atoms with Crippen molar-refractivity contribution < 1.29 is 9.59 Å². The number of hydrogen-bond donors (Lipinski definition) is 1. The zero-order valence-corrected chi connectivity index (χ0v) is 13.3. The number of rotatable bonds is 8. The first kappa shape index (κ1) is 17.2. The molecular weight excluding hydrogens is 264 g/mol. The van der Waals surface area contributed by atoms with Crippen LogP contribution in [-0.4, -0.2) is 29.8 Å². The summed E-state index contributed by atoms with van der Waals surface area (Å²) < 4.78 is 0. The molecule has 0 aromatic heterocycles. The number of carbonyl (C=O) groups is 2. The highest BCUT2D eigenvalue weighted by atomic mass is 16.2. The summed E-state index contributed by atoms with van der Waals surface area (Å²) in [7, 11) is 0. The standard InChI is InChI=1S/C17H26N2O2/c1-4-7-8-12-16(20)18-15-11-9-10-14(13-15)17(21)19(5-2)6-3/h9-11,13H,4-8,12H2,1-3H3,(H,18,20). The molecule has 0 aliphatic heterocycles. The highest BCUT2D eigenvalue weighted by Crippen LogP contribution is 2.13. The minimum atomic E-state index is 0.00193. The SMILES string of the molecule is CCCCCC(=O)Nc1cccc(C(=O)N(CC)CC)c1. The summed E-state index contributed by atoms with van der Waals surface area (Å²) in [5, 5.41) is 2.86. The molecule has 0 fully saturated rings. The van der Waals surface area contributed by atoms with Gasteiger partial charge < -0.3 is 10.2 Å². The van der Waals surface area contributed by atoms with Crippen LogP contribution in [0.1, 0.15) is 56.8 Å². The predicted octanol–water partition coefficient (Wildman–Crippen LogP) is 3.69. The van der Waals surface area contributed by atoms with Gasteiger partial charge in [-0.15, -0.1) is 0 Å². The largest absolute Gasteiger partial charge is 0.339 e. The number of unbranched alkanes of at least 4 members (excludes halogenated alkanes) is 2. The minimum Gasteiger partial charge on any atom is -0.339 e. The van der Waals surface area contributed by atoms with E-state index < -0.39 is 0 Å². The van der Waals surface area contributed by atoms with Gasteiger partial charge in [0.05, 0.1) is 0 Å². The highest BCUT2D eigenvalue weighted by Gasteiger charge is 2.13. The zero-order chi connectivity index (χ0) is 15.7. The van der Waals surface area contributed by atoms with Crippen LogP contribution in [0.5, 0.6) is 0 Å². The Bertz CT molecular complexity index is 468. The Morgan fingerprint density at radius 1 is 1.10 bits per heavy atom. The molecule has 1 aromatic rings. The molecule has 0 unspecified atom stereocenters. The first-order valence-electron chi connectivity index (χ1n) is 7.81. The van der Waals surface area contributed by atoms with E-state index in [1.54, 1.807) is 23.1 Å². The Kier molecular flexibility index (Phi) is 7.51. The summed E-state index contributed by atoms with van der Waals surface area (Å²) >= 11 is 0. The lowest BCUT2D eigenvalue weighted by atomic mass is 10.1. The van der Waals surface area contributed by atoms with Gasteiger partial charge in [-0.05, 0) is 38.5 Å². The van der Waals surface area contributed by atoms with Crippen molar-refractivity contribution in [2.45, 2.75) is 46.5 Å². The molecule has 4 nitrogen and oxygen atoms in total. The molecule has 2 amide bonds. The van der Waals surface area contributed by atoms with E-state index in [0.29, 0.717) is 30.8 Å². The summed E-state index contributed by atoms with van der Waals surface area (Å²) in [6, 6.07) is 7.15. The average Bonchev–Trinajstić information content (AvgIpc) is 2.49. The van der Waals surface area contributed by atoms with Crippen molar-refractivity contribution in [1.29, 1.82) is 0 Å². The van der Waals surface area contributed by atoms with Gasteiger partial charge in [-0.25, -0.2) is 0 Å². The number of nitrogens with zero attached hydrogens (tertiary/aromatic N) is 1. The Morgan fingerprint density at radius 3 is 2.43 bits per heavy atom. The second kappa shape index (κ2) is 9.16. The third-order valence-corrected chi connectivity index (χ3v) is 3.45. The molecule has 1 rings (SSSR count). The van der Waals surface area contributed by atoms with E-state index in [1.807, 2.05) is 19.9 Å². The predicted molar refractivity (Wildman–Crippen MR) is 86.5 cm³/mol. The third kappa shape index (κ3) is 5.58. The molecule has 0 atom stereocenters. The van der Waals surface area contributed by atoms with E-state index in [0.717, 1.165) is 19.3 Å². The van der Waals surface area contributed by atoms with Crippen molar-refractivity contribution in [3.05, 3.63) is 29.8 Å². The van der Waals surface area contributed by atoms with Crippen LogP contribution in [0.4, 0.5) is 5.69 Å². The average molecular weight is 290 g/mol. The van der Waals surface area contributed by atoms with Gasteiger partial charge in [0, 0.05) is 30.8 Å². The second-order valence-corrected chi connectivity index (χ2v) is 5.06. The number of anilines is 1. The van der Waals surface area contributed by atoms with E-state index in [2.05, 4.69) is 12.2 Å². The van der Waals surface area contributed by atoms with Crippen molar-refractivity contribution >= 4 is 17.5 Å². The van der Waals surface area contributed by atoms with Crippen molar-refractivity contribution in [2.75, 3.05) is 18.4 Å². The minimum absolute atomic E-state index is 0.00193. The molecule has 0 aliphatic rings. The van der Waals surface area contributed by atoms with E-state index >= 15 is 0 Å². The van der Waals surface area contributed by atoms with Crippen molar-refractivity contribution in [3.63, 3.8) is 0 Å². The molecule has 1 N–H and O–H groups in total. The second-order valence-electron chi connectivity index (χ2n) is 5.06. The van der Waals surface area contributed by atoms with E-state index in [9.17, 15) is 9.59 Å². The molecular formula is C17H26N2O2. The Hall–Kier alpha value is -1.84. The Balaban J connectivity index is 2.68. The molecule has 0 radical (unpaired) electrons. The van der Waals surface area contributed by atoms with Crippen LogP contribution in [-0.2, 0) is 4.79 Å². The molecule has 0 spiro atoms. The topological polar surface area (TPSA) is 49.4 Å². The molecule has 0 bridgehead atoms. The Morgan fingerprint density at radius 2 is 1.81 bits per heavy atom. The molecule has 116 valence electrons. The summed E-state index contributed by atoms with van der Waals surface area (Å²) in [4.78, 5) is 25.8. The summed E-state index contributed by atoms with van der Waals surface area (Å²) in [6.45, 7) is 7.40. The highest BCUT2D eigenvalue weighted by molar-refractivity contribution is 5.97. The van der Waals surface area contributed by atoms with E-state index in [4.69, 9.17) is 0 Å². The van der Waals surface area contributed by atoms with Crippen LogP contribution in [0.2, 0.25) is 0 Å². The molecule has 21 heavy (non-hydrogen) atoms. The molecule has 0 heterocycles. The van der Waals surface area contributed by atoms with Gasteiger partial charge in [-0.2, -0.15) is 0 Å². The molecule has 1 aromatic carbocycles. The lowest BCUT2D eigenvalue weighted by Crippen LogP contribution is -2.30. The first-order chi connectivity index (χ1) is 10.1. The zero-order valence-electron chi connectivity index (χ0n) is 13.3. The van der Waals surface area contributed by atoms with E-state index in [1.165, 1.54) is 0 Å². The van der Waals surface area contributed by atoms with Crippen LogP contribution >= 0.6 is 0 Å². The van der Waals surface area contributed by atoms with Crippen molar-refractivity contribution in [2.24, 2.45) is 0 Å². The smallest absolute Gasteiger partial charge is 0.253 e. The third-order valence-electron chi connectivity index (χ3n) is 3.45. The maximum absolute atomic E-state index is 12.3. The maximum Gasteiger partial charge on any atom is 0.253 e. The summed E-state index contributed by atoms with van der Waals surface area (Å²) in [5.74, 6) is 0.0120. The van der Waals surface area contributed by atoms with Crippen molar-refractivity contribution in [3.8, 4) is 0 Å². The number of hydrogen-bond acceptors (Lipinski definition) is 2.